The Morgan fingerprint density at radius 2 is 1.73 bits per heavy atom. The average Bonchev–Trinajstić information content (AvgIpc) is 3.08. The summed E-state index contributed by atoms with van der Waals surface area (Å²) in [6, 6.07) is 17.6. The second-order valence-corrected chi connectivity index (χ2v) is 5.96. The molecular formula is C19H17ClN4O2. The van der Waals surface area contributed by atoms with E-state index in [2.05, 4.69) is 15.7 Å². The first-order valence-corrected chi connectivity index (χ1v) is 8.47. The van der Waals surface area contributed by atoms with Crippen molar-refractivity contribution in [2.75, 3.05) is 10.6 Å². The maximum atomic E-state index is 12.5. The number of carbonyl (C=O) groups excluding carboxylic acids is 2. The smallest absolute Gasteiger partial charge is 0.276 e. The predicted octanol–water partition coefficient (Wildman–Crippen LogP) is 4.13. The van der Waals surface area contributed by atoms with Crippen LogP contribution in [0.2, 0.25) is 5.02 Å². The van der Waals surface area contributed by atoms with Gasteiger partial charge in [-0.2, -0.15) is 5.10 Å². The van der Waals surface area contributed by atoms with Crippen molar-refractivity contribution in [3.8, 4) is 5.69 Å². The van der Waals surface area contributed by atoms with Crippen LogP contribution in [-0.2, 0) is 4.79 Å². The first kappa shape index (κ1) is 17.7. The molecule has 0 fully saturated rings. The number of carbonyl (C=O) groups is 2. The minimum absolute atomic E-state index is 0.160. The van der Waals surface area contributed by atoms with Gasteiger partial charge in [0.05, 0.1) is 5.69 Å². The van der Waals surface area contributed by atoms with E-state index in [9.17, 15) is 9.59 Å². The summed E-state index contributed by atoms with van der Waals surface area (Å²) in [5.41, 5.74) is 1.53. The van der Waals surface area contributed by atoms with Crippen molar-refractivity contribution in [3.05, 3.63) is 71.4 Å². The summed E-state index contributed by atoms with van der Waals surface area (Å²) in [5, 5.41) is 10.5. The maximum Gasteiger partial charge on any atom is 0.276 e. The standard InChI is InChI=1S/C19H17ClN4O2/c1-2-18(25)22-17-12-16(23-24(17)15-6-4-3-5-7-15)19(26)21-14-10-8-13(20)9-11-14/h3-12H,2H2,1H3,(H,21,26)(H,22,25). The molecule has 0 aliphatic rings. The van der Waals surface area contributed by atoms with Gasteiger partial charge in [-0.1, -0.05) is 36.7 Å². The number of anilines is 2. The van der Waals surface area contributed by atoms with E-state index in [1.807, 2.05) is 30.3 Å². The first-order valence-electron chi connectivity index (χ1n) is 8.09. The number of nitrogens with zero attached hydrogens (tertiary/aromatic N) is 2. The molecule has 3 aromatic rings. The second-order valence-electron chi connectivity index (χ2n) is 5.52. The molecule has 0 aliphatic carbocycles. The lowest BCUT2D eigenvalue weighted by Gasteiger charge is -2.07. The number of nitrogens with one attached hydrogen (secondary N) is 2. The summed E-state index contributed by atoms with van der Waals surface area (Å²) in [7, 11) is 0. The molecule has 0 bridgehead atoms. The lowest BCUT2D eigenvalue weighted by atomic mass is 10.3. The molecular weight excluding hydrogens is 352 g/mol. The molecule has 0 saturated carbocycles. The van der Waals surface area contributed by atoms with Gasteiger partial charge in [0.15, 0.2) is 5.69 Å². The molecule has 3 rings (SSSR count). The van der Waals surface area contributed by atoms with Crippen molar-refractivity contribution >= 4 is 34.9 Å². The Morgan fingerprint density at radius 3 is 2.38 bits per heavy atom. The van der Waals surface area contributed by atoms with Crippen LogP contribution in [0.5, 0.6) is 0 Å². The van der Waals surface area contributed by atoms with Gasteiger partial charge in [0, 0.05) is 23.2 Å². The fourth-order valence-electron chi connectivity index (χ4n) is 2.31. The summed E-state index contributed by atoms with van der Waals surface area (Å²) in [5.74, 6) is -0.106. The van der Waals surface area contributed by atoms with E-state index in [-0.39, 0.29) is 17.5 Å². The van der Waals surface area contributed by atoms with Gasteiger partial charge in [0.25, 0.3) is 5.91 Å². The number of hydrogen-bond acceptors (Lipinski definition) is 3. The highest BCUT2D eigenvalue weighted by Crippen LogP contribution is 2.19. The average molecular weight is 369 g/mol. The van der Waals surface area contributed by atoms with Crippen LogP contribution in [0, 0.1) is 0 Å². The van der Waals surface area contributed by atoms with Crippen LogP contribution in [0.15, 0.2) is 60.7 Å². The third-order valence-corrected chi connectivity index (χ3v) is 3.89. The number of amides is 2. The molecule has 0 spiro atoms. The highest BCUT2D eigenvalue weighted by molar-refractivity contribution is 6.30. The molecule has 2 aromatic carbocycles. The van der Waals surface area contributed by atoms with E-state index in [0.717, 1.165) is 5.69 Å². The number of benzene rings is 2. The van der Waals surface area contributed by atoms with Gasteiger partial charge in [-0.3, -0.25) is 9.59 Å². The fraction of sp³-hybridized carbons (Fsp3) is 0.105. The number of para-hydroxylation sites is 1. The molecule has 7 heteroatoms. The van der Waals surface area contributed by atoms with Crippen molar-refractivity contribution < 1.29 is 9.59 Å². The molecule has 2 amide bonds. The minimum Gasteiger partial charge on any atom is -0.321 e. The normalized spacial score (nSPS) is 10.4. The molecule has 0 radical (unpaired) electrons. The van der Waals surface area contributed by atoms with Crippen molar-refractivity contribution in [2.24, 2.45) is 0 Å². The molecule has 6 nitrogen and oxygen atoms in total. The van der Waals surface area contributed by atoms with Crippen LogP contribution in [0.1, 0.15) is 23.8 Å². The molecule has 1 heterocycles. The van der Waals surface area contributed by atoms with Crippen molar-refractivity contribution in [1.82, 2.24) is 9.78 Å². The van der Waals surface area contributed by atoms with E-state index in [4.69, 9.17) is 11.6 Å². The zero-order chi connectivity index (χ0) is 18.5. The number of rotatable bonds is 5. The quantitative estimate of drug-likeness (QED) is 0.711. The summed E-state index contributed by atoms with van der Waals surface area (Å²) in [6.45, 7) is 1.76. The molecule has 26 heavy (non-hydrogen) atoms. The Hall–Kier alpha value is -3.12. The number of halogens is 1. The monoisotopic (exact) mass is 368 g/mol. The van der Waals surface area contributed by atoms with Crippen LogP contribution in [0.4, 0.5) is 11.5 Å². The van der Waals surface area contributed by atoms with Gasteiger partial charge in [-0.15, -0.1) is 0 Å². The topological polar surface area (TPSA) is 76.0 Å². The Bertz CT molecular complexity index is 920. The van der Waals surface area contributed by atoms with Gasteiger partial charge in [0.2, 0.25) is 5.91 Å². The summed E-state index contributed by atoms with van der Waals surface area (Å²) in [6.07, 6.45) is 0.326. The minimum atomic E-state index is -0.381. The summed E-state index contributed by atoms with van der Waals surface area (Å²) in [4.78, 5) is 24.3. The molecule has 0 atom stereocenters. The van der Waals surface area contributed by atoms with Gasteiger partial charge < -0.3 is 10.6 Å². The third-order valence-electron chi connectivity index (χ3n) is 3.63. The third kappa shape index (κ3) is 4.10. The molecule has 0 aliphatic heterocycles. The second kappa shape index (κ2) is 7.84. The zero-order valence-electron chi connectivity index (χ0n) is 14.1. The molecule has 2 N–H and O–H groups in total. The molecule has 0 saturated heterocycles. The Balaban J connectivity index is 1.90. The van der Waals surface area contributed by atoms with E-state index < -0.39 is 0 Å². The largest absolute Gasteiger partial charge is 0.321 e. The maximum absolute atomic E-state index is 12.5. The van der Waals surface area contributed by atoms with Gasteiger partial charge in [-0.05, 0) is 36.4 Å². The van der Waals surface area contributed by atoms with E-state index in [1.54, 1.807) is 37.3 Å². The van der Waals surface area contributed by atoms with Gasteiger partial charge in [0.1, 0.15) is 5.82 Å². The van der Waals surface area contributed by atoms with E-state index >= 15 is 0 Å². The van der Waals surface area contributed by atoms with Crippen LogP contribution in [0.3, 0.4) is 0 Å². The molecule has 0 unspecified atom stereocenters. The lowest BCUT2D eigenvalue weighted by Crippen LogP contribution is -2.14. The fourth-order valence-corrected chi connectivity index (χ4v) is 2.43. The van der Waals surface area contributed by atoms with E-state index in [0.29, 0.717) is 22.9 Å². The van der Waals surface area contributed by atoms with Crippen LogP contribution >= 0.6 is 11.6 Å². The van der Waals surface area contributed by atoms with Crippen molar-refractivity contribution in [2.45, 2.75) is 13.3 Å². The van der Waals surface area contributed by atoms with Gasteiger partial charge in [-0.25, -0.2) is 4.68 Å². The summed E-state index contributed by atoms with van der Waals surface area (Å²) < 4.78 is 1.53. The zero-order valence-corrected chi connectivity index (χ0v) is 14.8. The van der Waals surface area contributed by atoms with Crippen molar-refractivity contribution in [3.63, 3.8) is 0 Å². The Morgan fingerprint density at radius 1 is 1.04 bits per heavy atom. The molecule has 132 valence electrons. The Labute approximate surface area is 155 Å². The number of aromatic nitrogens is 2. The van der Waals surface area contributed by atoms with Crippen LogP contribution in [0.25, 0.3) is 5.69 Å². The first-order chi connectivity index (χ1) is 12.6. The highest BCUT2D eigenvalue weighted by Gasteiger charge is 2.17. The lowest BCUT2D eigenvalue weighted by molar-refractivity contribution is -0.115. The van der Waals surface area contributed by atoms with E-state index in [1.165, 1.54) is 4.68 Å². The molecule has 1 aromatic heterocycles. The summed E-state index contributed by atoms with van der Waals surface area (Å²) >= 11 is 5.85. The SMILES string of the molecule is CCC(=O)Nc1cc(C(=O)Nc2ccc(Cl)cc2)nn1-c1ccccc1. The highest BCUT2D eigenvalue weighted by atomic mass is 35.5. The Kier molecular flexibility index (Phi) is 5.34. The van der Waals surface area contributed by atoms with Gasteiger partial charge >= 0.3 is 0 Å². The van der Waals surface area contributed by atoms with Crippen LogP contribution in [-0.4, -0.2) is 21.6 Å². The number of hydrogen-bond donors (Lipinski definition) is 2. The van der Waals surface area contributed by atoms with Crippen molar-refractivity contribution in [1.29, 1.82) is 0 Å². The predicted molar refractivity (Wildman–Crippen MR) is 102 cm³/mol. The van der Waals surface area contributed by atoms with Crippen LogP contribution < -0.4 is 10.6 Å².